The summed E-state index contributed by atoms with van der Waals surface area (Å²) in [4.78, 5) is 10.9. The van der Waals surface area contributed by atoms with E-state index in [-0.39, 0.29) is 23.5 Å². The molecular weight excluding hydrogens is 346 g/mol. The fourth-order valence-corrected chi connectivity index (χ4v) is 3.86. The van der Waals surface area contributed by atoms with Crippen molar-refractivity contribution in [3.8, 4) is 0 Å². The third-order valence-electron chi connectivity index (χ3n) is 2.46. The van der Waals surface area contributed by atoms with E-state index < -0.39 is 16.0 Å². The lowest BCUT2D eigenvalue weighted by molar-refractivity contribution is 0.0696. The van der Waals surface area contributed by atoms with E-state index in [1.165, 1.54) is 24.3 Å². The van der Waals surface area contributed by atoms with Crippen LogP contribution in [-0.4, -0.2) is 36.9 Å². The van der Waals surface area contributed by atoms with Gasteiger partial charge in [-0.25, -0.2) is 13.2 Å². The molecule has 0 saturated heterocycles. The molecule has 1 aromatic rings. The highest BCUT2D eigenvalue weighted by molar-refractivity contribution is 9.10. The van der Waals surface area contributed by atoms with Crippen LogP contribution in [0.25, 0.3) is 0 Å². The minimum absolute atomic E-state index is 0.0936. The third kappa shape index (κ3) is 3.56. The molecule has 20 heavy (non-hydrogen) atoms. The van der Waals surface area contributed by atoms with Crippen molar-refractivity contribution in [3.05, 3.63) is 53.5 Å². The molecule has 0 saturated carbocycles. The molecule has 5 nitrogen and oxygen atoms in total. The lowest BCUT2D eigenvalue weighted by Crippen LogP contribution is -2.31. The molecule has 0 bridgehead atoms. The molecule has 0 aliphatic heterocycles. The largest absolute Gasteiger partial charge is 0.478 e. The van der Waals surface area contributed by atoms with Crippen LogP contribution in [0, 0.1) is 0 Å². The van der Waals surface area contributed by atoms with Crippen molar-refractivity contribution < 1.29 is 18.3 Å². The first-order valence-electron chi connectivity index (χ1n) is 5.59. The summed E-state index contributed by atoms with van der Waals surface area (Å²) < 4.78 is 26.5. The minimum atomic E-state index is -3.83. The fourth-order valence-electron chi connectivity index (χ4n) is 1.53. The molecule has 0 aliphatic carbocycles. The summed E-state index contributed by atoms with van der Waals surface area (Å²) in [5.41, 5.74) is -0.0936. The second-order valence-corrected chi connectivity index (χ2v) is 6.61. The predicted octanol–water partition coefficient (Wildman–Crippen LogP) is 2.51. The van der Waals surface area contributed by atoms with E-state index in [1.54, 1.807) is 0 Å². The number of carboxylic acid groups (broad SMARTS) is 1. The lowest BCUT2D eigenvalue weighted by Gasteiger charge is -2.20. The molecule has 0 amide bonds. The maximum absolute atomic E-state index is 12.5. The van der Waals surface area contributed by atoms with Crippen LogP contribution in [-0.2, 0) is 10.0 Å². The molecule has 7 heteroatoms. The molecule has 0 aliphatic rings. The topological polar surface area (TPSA) is 74.7 Å². The summed E-state index contributed by atoms with van der Waals surface area (Å²) >= 11 is 3.14. The van der Waals surface area contributed by atoms with Crippen LogP contribution in [0.1, 0.15) is 10.4 Å². The molecular formula is C13H14BrNO4S. The molecule has 0 spiro atoms. The maximum Gasteiger partial charge on any atom is 0.335 e. The summed E-state index contributed by atoms with van der Waals surface area (Å²) in [6.07, 6.45) is 2.91. The van der Waals surface area contributed by atoms with E-state index in [1.807, 2.05) is 0 Å². The first kappa shape index (κ1) is 16.6. The number of aromatic carboxylic acids is 1. The Balaban J connectivity index is 3.39. The zero-order chi connectivity index (χ0) is 15.3. The molecule has 0 aromatic heterocycles. The lowest BCUT2D eigenvalue weighted by atomic mass is 10.2. The average molecular weight is 360 g/mol. The van der Waals surface area contributed by atoms with Crippen molar-refractivity contribution in [1.29, 1.82) is 0 Å². The van der Waals surface area contributed by atoms with Gasteiger partial charge in [0.15, 0.2) is 0 Å². The van der Waals surface area contributed by atoms with Crippen molar-refractivity contribution in [2.45, 2.75) is 4.90 Å². The van der Waals surface area contributed by atoms with Crippen LogP contribution in [0.2, 0.25) is 0 Å². The van der Waals surface area contributed by atoms with Crippen LogP contribution < -0.4 is 0 Å². The van der Waals surface area contributed by atoms with Crippen molar-refractivity contribution in [2.75, 3.05) is 13.1 Å². The first-order chi connectivity index (χ1) is 9.34. The van der Waals surface area contributed by atoms with E-state index in [0.29, 0.717) is 4.47 Å². The molecule has 0 fully saturated rings. The Morgan fingerprint density at radius 2 is 1.85 bits per heavy atom. The van der Waals surface area contributed by atoms with Gasteiger partial charge in [-0.2, -0.15) is 4.31 Å². The Morgan fingerprint density at radius 1 is 1.30 bits per heavy atom. The monoisotopic (exact) mass is 359 g/mol. The maximum atomic E-state index is 12.5. The molecule has 1 rings (SSSR count). The number of nitrogens with zero attached hydrogens (tertiary/aromatic N) is 1. The van der Waals surface area contributed by atoms with Crippen molar-refractivity contribution in [1.82, 2.24) is 4.31 Å². The van der Waals surface area contributed by atoms with E-state index in [2.05, 4.69) is 29.1 Å². The Hall–Kier alpha value is -1.44. The van der Waals surface area contributed by atoms with Gasteiger partial charge < -0.3 is 5.11 Å². The molecule has 108 valence electrons. The van der Waals surface area contributed by atoms with Crippen LogP contribution in [0.5, 0.6) is 0 Å². The Morgan fingerprint density at radius 3 is 2.30 bits per heavy atom. The van der Waals surface area contributed by atoms with Crippen LogP contribution in [0.3, 0.4) is 0 Å². The third-order valence-corrected chi connectivity index (χ3v) is 5.29. The molecule has 0 unspecified atom stereocenters. The average Bonchev–Trinajstić information content (AvgIpc) is 2.38. The van der Waals surface area contributed by atoms with Gasteiger partial charge in [-0.15, -0.1) is 13.2 Å². The number of benzene rings is 1. The van der Waals surface area contributed by atoms with Gasteiger partial charge in [-0.3, -0.25) is 0 Å². The Bertz CT molecular complexity index is 630. The number of carbonyl (C=O) groups is 1. The normalized spacial score (nSPS) is 11.3. The number of sulfonamides is 1. The minimum Gasteiger partial charge on any atom is -0.478 e. The molecule has 1 N–H and O–H groups in total. The zero-order valence-electron chi connectivity index (χ0n) is 10.6. The van der Waals surface area contributed by atoms with Gasteiger partial charge in [0, 0.05) is 17.6 Å². The summed E-state index contributed by atoms with van der Waals surface area (Å²) in [6.45, 7) is 7.24. The smallest absolute Gasteiger partial charge is 0.335 e. The van der Waals surface area contributed by atoms with Crippen molar-refractivity contribution in [2.24, 2.45) is 0 Å². The molecule has 0 radical (unpaired) electrons. The van der Waals surface area contributed by atoms with Gasteiger partial charge in [0.1, 0.15) is 0 Å². The van der Waals surface area contributed by atoms with Crippen molar-refractivity contribution >= 4 is 31.9 Å². The SMILES string of the molecule is C=CCN(CC=C)S(=O)(=O)c1cc(C(=O)O)ccc1Br. The van der Waals surface area contributed by atoms with Crippen molar-refractivity contribution in [3.63, 3.8) is 0 Å². The second kappa shape index (κ2) is 6.83. The van der Waals surface area contributed by atoms with Crippen LogP contribution >= 0.6 is 15.9 Å². The quantitative estimate of drug-likeness (QED) is 0.759. The van der Waals surface area contributed by atoms with Crippen LogP contribution in [0.4, 0.5) is 0 Å². The number of hydrogen-bond donors (Lipinski definition) is 1. The summed E-state index contributed by atoms with van der Waals surface area (Å²) in [7, 11) is -3.83. The standard InChI is InChI=1S/C13H14BrNO4S/c1-3-7-15(8-4-2)20(18,19)12-9-10(13(16)17)5-6-11(12)14/h3-6,9H,1-2,7-8H2,(H,16,17). The second-order valence-electron chi connectivity index (χ2n) is 3.85. The van der Waals surface area contributed by atoms with E-state index >= 15 is 0 Å². The van der Waals surface area contributed by atoms with Gasteiger partial charge in [-0.05, 0) is 34.1 Å². The highest BCUT2D eigenvalue weighted by atomic mass is 79.9. The fraction of sp³-hybridized carbons (Fsp3) is 0.154. The molecule has 1 aromatic carbocycles. The highest BCUT2D eigenvalue weighted by Crippen LogP contribution is 2.26. The predicted molar refractivity (Wildman–Crippen MR) is 80.3 cm³/mol. The van der Waals surface area contributed by atoms with Gasteiger partial charge in [0.2, 0.25) is 10.0 Å². The number of halogens is 1. The Kier molecular flexibility index (Phi) is 5.67. The summed E-state index contributed by atoms with van der Waals surface area (Å²) in [5, 5.41) is 8.96. The van der Waals surface area contributed by atoms with E-state index in [9.17, 15) is 13.2 Å². The van der Waals surface area contributed by atoms with Gasteiger partial charge in [-0.1, -0.05) is 12.2 Å². The number of hydrogen-bond acceptors (Lipinski definition) is 3. The molecule has 0 atom stereocenters. The van der Waals surface area contributed by atoms with Gasteiger partial charge in [0.25, 0.3) is 0 Å². The van der Waals surface area contributed by atoms with E-state index in [0.717, 1.165) is 10.4 Å². The number of rotatable bonds is 7. The van der Waals surface area contributed by atoms with Crippen LogP contribution in [0.15, 0.2) is 52.9 Å². The first-order valence-corrected chi connectivity index (χ1v) is 7.82. The molecule has 0 heterocycles. The zero-order valence-corrected chi connectivity index (χ0v) is 13.0. The highest BCUT2D eigenvalue weighted by Gasteiger charge is 2.25. The summed E-state index contributed by atoms with van der Waals surface area (Å²) in [6, 6.07) is 3.86. The Labute approximate surface area is 126 Å². The summed E-state index contributed by atoms with van der Waals surface area (Å²) in [5.74, 6) is -1.19. The number of carboxylic acids is 1. The van der Waals surface area contributed by atoms with E-state index in [4.69, 9.17) is 5.11 Å². The van der Waals surface area contributed by atoms with Gasteiger partial charge in [0.05, 0.1) is 10.5 Å². The van der Waals surface area contributed by atoms with Gasteiger partial charge >= 0.3 is 5.97 Å².